The average molecular weight is 195 g/mol. The normalized spacial score (nSPS) is 21.1. The minimum atomic E-state index is 0.328. The van der Waals surface area contributed by atoms with Crippen LogP contribution in [0.25, 0.3) is 0 Å². The number of rotatable bonds is 4. The third kappa shape index (κ3) is 2.20. The smallest absolute Gasteiger partial charge is 0.0412 e. The van der Waals surface area contributed by atoms with Gasteiger partial charge in [0.1, 0.15) is 0 Å². The summed E-state index contributed by atoms with van der Waals surface area (Å²) in [4.78, 5) is 2.54. The first-order valence-corrected chi connectivity index (χ1v) is 6.00. The summed E-state index contributed by atoms with van der Waals surface area (Å²) >= 11 is 0. The van der Waals surface area contributed by atoms with Crippen LogP contribution in [0.5, 0.6) is 0 Å². The first-order chi connectivity index (χ1) is 6.63. The quantitative estimate of drug-likeness (QED) is 0.619. The second kappa shape index (κ2) is 4.97. The zero-order chi connectivity index (χ0) is 10.6. The van der Waals surface area contributed by atoms with Crippen LogP contribution in [0.4, 0.5) is 0 Å². The van der Waals surface area contributed by atoms with Gasteiger partial charge in [-0.25, -0.2) is 0 Å². The Labute approximate surface area is 89.2 Å². The van der Waals surface area contributed by atoms with Crippen LogP contribution >= 0.6 is 0 Å². The van der Waals surface area contributed by atoms with Crippen LogP contribution in [0.1, 0.15) is 52.4 Å². The minimum absolute atomic E-state index is 0.328. The maximum absolute atomic E-state index is 4.21. The molecule has 1 nitrogen and oxygen atoms in total. The average Bonchev–Trinajstić information content (AvgIpc) is 2.19. The molecule has 0 heterocycles. The van der Waals surface area contributed by atoms with E-state index in [9.17, 15) is 0 Å². The molecule has 0 unspecified atom stereocenters. The third-order valence-electron chi connectivity index (χ3n) is 3.76. The van der Waals surface area contributed by atoms with E-state index in [2.05, 4.69) is 32.4 Å². The summed E-state index contributed by atoms with van der Waals surface area (Å²) in [5.74, 6) is 0. The fraction of sp³-hybridized carbons (Fsp3) is 0.846. The van der Waals surface area contributed by atoms with Gasteiger partial charge in [0, 0.05) is 5.54 Å². The van der Waals surface area contributed by atoms with E-state index in [0.717, 1.165) is 0 Å². The van der Waals surface area contributed by atoms with Gasteiger partial charge in [0.2, 0.25) is 0 Å². The molecule has 1 aliphatic rings. The van der Waals surface area contributed by atoms with Crippen molar-refractivity contribution in [3.8, 4) is 0 Å². The summed E-state index contributed by atoms with van der Waals surface area (Å²) in [7, 11) is 2.27. The van der Waals surface area contributed by atoms with Crippen LogP contribution in [-0.2, 0) is 0 Å². The van der Waals surface area contributed by atoms with Gasteiger partial charge in [-0.3, -0.25) is 4.90 Å². The maximum atomic E-state index is 4.21. The van der Waals surface area contributed by atoms with Crippen LogP contribution in [0.3, 0.4) is 0 Å². The molecule has 82 valence electrons. The molecule has 1 heteroatoms. The largest absolute Gasteiger partial charge is 0.297 e. The number of hydrogen-bond donors (Lipinski definition) is 0. The van der Waals surface area contributed by atoms with E-state index >= 15 is 0 Å². The van der Waals surface area contributed by atoms with Crippen molar-refractivity contribution in [3.63, 3.8) is 0 Å². The van der Waals surface area contributed by atoms with E-state index in [1.807, 2.05) is 0 Å². The Bertz CT molecular complexity index is 189. The molecule has 0 N–H and O–H groups in total. The molecule has 0 aromatic carbocycles. The van der Waals surface area contributed by atoms with Crippen molar-refractivity contribution in [1.29, 1.82) is 0 Å². The van der Waals surface area contributed by atoms with Crippen LogP contribution in [0, 0.1) is 0 Å². The van der Waals surface area contributed by atoms with Crippen molar-refractivity contribution in [1.82, 2.24) is 4.90 Å². The van der Waals surface area contributed by atoms with Gasteiger partial charge in [-0.05, 0) is 39.8 Å². The Morgan fingerprint density at radius 1 is 1.29 bits per heavy atom. The van der Waals surface area contributed by atoms with Crippen molar-refractivity contribution in [3.05, 3.63) is 12.2 Å². The van der Waals surface area contributed by atoms with E-state index in [-0.39, 0.29) is 0 Å². The Morgan fingerprint density at radius 2 is 1.86 bits per heavy atom. The molecular formula is C13H25N. The predicted octanol–water partition coefficient (Wildman–Crippen LogP) is 3.61. The molecule has 0 atom stereocenters. The Morgan fingerprint density at radius 3 is 2.29 bits per heavy atom. The van der Waals surface area contributed by atoms with Gasteiger partial charge < -0.3 is 0 Å². The fourth-order valence-corrected chi connectivity index (χ4v) is 2.82. The molecule has 1 rings (SSSR count). The molecule has 1 aliphatic carbocycles. The van der Waals surface area contributed by atoms with Crippen molar-refractivity contribution in [2.45, 2.75) is 57.9 Å². The van der Waals surface area contributed by atoms with E-state index in [1.165, 1.54) is 50.6 Å². The molecular weight excluding hydrogens is 170 g/mol. The second-order valence-electron chi connectivity index (χ2n) is 4.79. The summed E-state index contributed by atoms with van der Waals surface area (Å²) in [6, 6.07) is 0. The van der Waals surface area contributed by atoms with Gasteiger partial charge in [0.15, 0.2) is 0 Å². The Balaban J connectivity index is 2.74. The molecule has 0 spiro atoms. The van der Waals surface area contributed by atoms with Gasteiger partial charge in [-0.15, -0.1) is 0 Å². The highest BCUT2D eigenvalue weighted by atomic mass is 15.2. The number of nitrogens with zero attached hydrogens (tertiary/aromatic N) is 1. The van der Waals surface area contributed by atoms with Crippen molar-refractivity contribution in [2.24, 2.45) is 0 Å². The third-order valence-corrected chi connectivity index (χ3v) is 3.76. The molecule has 0 aliphatic heterocycles. The second-order valence-corrected chi connectivity index (χ2v) is 4.79. The summed E-state index contributed by atoms with van der Waals surface area (Å²) < 4.78 is 0. The molecule has 0 bridgehead atoms. The van der Waals surface area contributed by atoms with E-state index in [4.69, 9.17) is 0 Å². The molecule has 0 saturated heterocycles. The Kier molecular flexibility index (Phi) is 4.18. The zero-order valence-electron chi connectivity index (χ0n) is 10.1. The van der Waals surface area contributed by atoms with E-state index in [0.29, 0.717) is 5.54 Å². The summed E-state index contributed by atoms with van der Waals surface area (Å²) in [5, 5.41) is 0. The zero-order valence-corrected chi connectivity index (χ0v) is 10.1. The standard InChI is InChI=1S/C13H25N/c1-5-11-14(4)13(12(2)3)9-7-6-8-10-13/h2,5-11H2,1,3-4H3. The topological polar surface area (TPSA) is 3.24 Å². The summed E-state index contributed by atoms with van der Waals surface area (Å²) in [6.07, 6.45) is 8.04. The van der Waals surface area contributed by atoms with Crippen LogP contribution in [0.2, 0.25) is 0 Å². The van der Waals surface area contributed by atoms with Gasteiger partial charge in [-0.1, -0.05) is 38.3 Å². The molecule has 0 radical (unpaired) electrons. The molecule has 0 amide bonds. The van der Waals surface area contributed by atoms with Gasteiger partial charge in [0.25, 0.3) is 0 Å². The number of hydrogen-bond acceptors (Lipinski definition) is 1. The molecule has 0 aromatic heterocycles. The first-order valence-electron chi connectivity index (χ1n) is 6.00. The maximum Gasteiger partial charge on any atom is 0.0412 e. The van der Waals surface area contributed by atoms with Crippen LogP contribution < -0.4 is 0 Å². The molecule has 0 aromatic rings. The molecule has 14 heavy (non-hydrogen) atoms. The highest BCUT2D eigenvalue weighted by Crippen LogP contribution is 2.37. The van der Waals surface area contributed by atoms with Crippen molar-refractivity contribution < 1.29 is 0 Å². The van der Waals surface area contributed by atoms with Crippen molar-refractivity contribution >= 4 is 0 Å². The van der Waals surface area contributed by atoms with Crippen molar-refractivity contribution in [2.75, 3.05) is 13.6 Å². The van der Waals surface area contributed by atoms with Crippen LogP contribution in [-0.4, -0.2) is 24.0 Å². The fourth-order valence-electron chi connectivity index (χ4n) is 2.82. The predicted molar refractivity (Wildman–Crippen MR) is 63.6 cm³/mol. The highest BCUT2D eigenvalue weighted by molar-refractivity contribution is 5.15. The van der Waals surface area contributed by atoms with Gasteiger partial charge >= 0.3 is 0 Å². The monoisotopic (exact) mass is 195 g/mol. The SMILES string of the molecule is C=C(C)C1(N(C)CCC)CCCCC1. The Hall–Kier alpha value is -0.300. The lowest BCUT2D eigenvalue weighted by Gasteiger charge is -2.45. The minimum Gasteiger partial charge on any atom is -0.297 e. The lowest BCUT2D eigenvalue weighted by molar-refractivity contribution is 0.110. The lowest BCUT2D eigenvalue weighted by Crippen LogP contribution is -2.48. The van der Waals surface area contributed by atoms with Gasteiger partial charge in [-0.2, -0.15) is 0 Å². The molecule has 1 fully saturated rings. The summed E-state index contributed by atoms with van der Waals surface area (Å²) in [5.41, 5.74) is 1.70. The molecule has 1 saturated carbocycles. The highest BCUT2D eigenvalue weighted by Gasteiger charge is 2.35. The summed E-state index contributed by atoms with van der Waals surface area (Å²) in [6.45, 7) is 9.88. The first kappa shape index (κ1) is 11.8. The van der Waals surface area contributed by atoms with E-state index in [1.54, 1.807) is 0 Å². The van der Waals surface area contributed by atoms with Gasteiger partial charge in [0.05, 0.1) is 0 Å². The van der Waals surface area contributed by atoms with E-state index < -0.39 is 0 Å². The van der Waals surface area contributed by atoms with Crippen LogP contribution in [0.15, 0.2) is 12.2 Å². The lowest BCUT2D eigenvalue weighted by atomic mass is 9.76. The number of likely N-dealkylation sites (N-methyl/N-ethyl adjacent to an activating group) is 1.